The lowest BCUT2D eigenvalue weighted by atomic mass is 9.62. The van der Waals surface area contributed by atoms with Crippen molar-refractivity contribution in [3.8, 4) is 0 Å². The average molecular weight is 455 g/mol. The van der Waals surface area contributed by atoms with Crippen molar-refractivity contribution in [1.29, 1.82) is 0 Å². The molecule has 1 rings (SSSR count). The van der Waals surface area contributed by atoms with Gasteiger partial charge in [0.05, 0.1) is 13.2 Å². The summed E-state index contributed by atoms with van der Waals surface area (Å²) in [4.78, 5) is 24.8. The van der Waals surface area contributed by atoms with Crippen molar-refractivity contribution in [2.75, 3.05) is 19.8 Å². The maximum atomic E-state index is 12.5. The van der Waals surface area contributed by atoms with Crippen LogP contribution in [0, 0.1) is 21.7 Å². The summed E-state index contributed by atoms with van der Waals surface area (Å²) < 4.78 is 11.1. The van der Waals surface area contributed by atoms with Crippen LogP contribution in [0.5, 0.6) is 0 Å². The third-order valence-electron chi connectivity index (χ3n) is 7.94. The van der Waals surface area contributed by atoms with E-state index in [1.165, 1.54) is 0 Å². The Balaban J connectivity index is 2.63. The molecule has 32 heavy (non-hydrogen) atoms. The fraction of sp³-hybridized carbons (Fsp3) is 0.923. The van der Waals surface area contributed by atoms with Crippen LogP contribution in [-0.4, -0.2) is 38.0 Å². The fourth-order valence-electron chi connectivity index (χ4n) is 4.80. The number of amides is 2. The van der Waals surface area contributed by atoms with Gasteiger partial charge in [-0.05, 0) is 55.8 Å². The number of carbonyl (C=O) groups excluding carboxylic acids is 2. The standard InChI is InChI=1S/C26H50N2O4/c1-10-24(7,11-2)18-31-21(29)27-17-26(9)15-20(14-23(5,6)16-26)28-22(30)32-19-25(8,12-3)13-4/h20H,10-19H2,1-9H3,(H,27,29)(H,28,30). The highest BCUT2D eigenvalue weighted by atomic mass is 16.6. The molecule has 0 aromatic carbocycles. The summed E-state index contributed by atoms with van der Waals surface area (Å²) in [6, 6.07) is 0.0204. The van der Waals surface area contributed by atoms with E-state index < -0.39 is 0 Å². The molecule has 0 aliphatic heterocycles. The predicted octanol–water partition coefficient (Wildman–Crippen LogP) is 6.68. The topological polar surface area (TPSA) is 76.7 Å². The Kier molecular flexibility index (Phi) is 10.4. The highest BCUT2D eigenvalue weighted by Gasteiger charge is 2.42. The summed E-state index contributed by atoms with van der Waals surface area (Å²) in [5.74, 6) is 0. The lowest BCUT2D eigenvalue weighted by molar-refractivity contribution is 0.0491. The van der Waals surface area contributed by atoms with Crippen molar-refractivity contribution in [2.45, 2.75) is 113 Å². The molecule has 0 spiro atoms. The van der Waals surface area contributed by atoms with Crippen LogP contribution in [0.4, 0.5) is 9.59 Å². The van der Waals surface area contributed by atoms with Gasteiger partial charge in [-0.1, -0.05) is 62.3 Å². The molecule has 1 fully saturated rings. The van der Waals surface area contributed by atoms with Crippen LogP contribution < -0.4 is 10.6 Å². The van der Waals surface area contributed by atoms with Crippen LogP contribution in [0.25, 0.3) is 0 Å². The number of rotatable bonds is 11. The molecule has 0 heterocycles. The molecule has 0 aromatic rings. The van der Waals surface area contributed by atoms with Gasteiger partial charge in [-0.25, -0.2) is 9.59 Å². The van der Waals surface area contributed by atoms with Gasteiger partial charge in [0.2, 0.25) is 0 Å². The second kappa shape index (κ2) is 11.6. The first-order chi connectivity index (χ1) is 14.7. The second-order valence-corrected chi connectivity index (χ2v) is 11.9. The molecular weight excluding hydrogens is 404 g/mol. The Morgan fingerprint density at radius 1 is 0.844 bits per heavy atom. The van der Waals surface area contributed by atoms with E-state index in [0.29, 0.717) is 19.8 Å². The monoisotopic (exact) mass is 454 g/mol. The SMILES string of the molecule is CCC(C)(CC)COC(=O)NCC1(C)CC(NC(=O)OCC(C)(CC)CC)CC(C)(C)C1. The van der Waals surface area contributed by atoms with Gasteiger partial charge in [0, 0.05) is 23.4 Å². The van der Waals surface area contributed by atoms with E-state index in [9.17, 15) is 9.59 Å². The minimum atomic E-state index is -0.356. The Morgan fingerprint density at radius 3 is 1.78 bits per heavy atom. The molecule has 2 N–H and O–H groups in total. The highest BCUT2D eigenvalue weighted by molar-refractivity contribution is 5.68. The molecule has 1 saturated carbocycles. The van der Waals surface area contributed by atoms with Crippen molar-refractivity contribution in [3.05, 3.63) is 0 Å². The van der Waals surface area contributed by atoms with Gasteiger partial charge in [-0.2, -0.15) is 0 Å². The van der Waals surface area contributed by atoms with Crippen LogP contribution >= 0.6 is 0 Å². The maximum Gasteiger partial charge on any atom is 0.407 e. The van der Waals surface area contributed by atoms with Crippen LogP contribution in [0.3, 0.4) is 0 Å². The zero-order chi connectivity index (χ0) is 24.6. The van der Waals surface area contributed by atoms with E-state index >= 15 is 0 Å². The fourth-order valence-corrected chi connectivity index (χ4v) is 4.80. The van der Waals surface area contributed by atoms with Crippen LogP contribution in [0.15, 0.2) is 0 Å². The Hall–Kier alpha value is -1.46. The van der Waals surface area contributed by atoms with Crippen molar-refractivity contribution in [2.24, 2.45) is 21.7 Å². The van der Waals surface area contributed by atoms with E-state index in [0.717, 1.165) is 44.9 Å². The van der Waals surface area contributed by atoms with E-state index in [2.05, 4.69) is 72.9 Å². The van der Waals surface area contributed by atoms with E-state index in [1.54, 1.807) is 0 Å². The smallest absolute Gasteiger partial charge is 0.407 e. The molecule has 1 aliphatic carbocycles. The molecule has 0 radical (unpaired) electrons. The molecule has 2 amide bonds. The molecule has 0 saturated heterocycles. The van der Waals surface area contributed by atoms with Crippen molar-refractivity contribution < 1.29 is 19.1 Å². The number of ether oxygens (including phenoxy) is 2. The molecule has 1 aliphatic rings. The zero-order valence-corrected chi connectivity index (χ0v) is 22.3. The largest absolute Gasteiger partial charge is 0.449 e. The minimum absolute atomic E-state index is 0.0204. The average Bonchev–Trinajstić information content (AvgIpc) is 2.73. The molecule has 6 heteroatoms. The second-order valence-electron chi connectivity index (χ2n) is 11.9. The highest BCUT2D eigenvalue weighted by Crippen LogP contribution is 2.45. The van der Waals surface area contributed by atoms with Gasteiger partial charge < -0.3 is 20.1 Å². The first-order valence-corrected chi connectivity index (χ1v) is 12.6. The molecule has 0 bridgehead atoms. The lowest BCUT2D eigenvalue weighted by Gasteiger charge is -2.46. The summed E-state index contributed by atoms with van der Waals surface area (Å²) in [7, 11) is 0. The van der Waals surface area contributed by atoms with E-state index in [-0.39, 0.29) is 39.9 Å². The van der Waals surface area contributed by atoms with Gasteiger partial charge in [-0.3, -0.25) is 0 Å². The number of carbonyl (C=O) groups is 2. The summed E-state index contributed by atoms with van der Waals surface area (Å²) in [5, 5.41) is 6.07. The van der Waals surface area contributed by atoms with Gasteiger partial charge in [0.25, 0.3) is 0 Å². The Bertz CT molecular complexity index is 611. The molecule has 2 unspecified atom stereocenters. The van der Waals surface area contributed by atoms with Crippen molar-refractivity contribution in [1.82, 2.24) is 10.6 Å². The van der Waals surface area contributed by atoms with Crippen LogP contribution in [-0.2, 0) is 9.47 Å². The third kappa shape index (κ3) is 9.19. The summed E-state index contributed by atoms with van der Waals surface area (Å²) >= 11 is 0. The normalized spacial score (nSPS) is 23.3. The minimum Gasteiger partial charge on any atom is -0.449 e. The number of hydrogen-bond acceptors (Lipinski definition) is 4. The van der Waals surface area contributed by atoms with Gasteiger partial charge in [-0.15, -0.1) is 0 Å². The van der Waals surface area contributed by atoms with Gasteiger partial charge in [0.1, 0.15) is 0 Å². The van der Waals surface area contributed by atoms with Crippen molar-refractivity contribution in [3.63, 3.8) is 0 Å². The third-order valence-corrected chi connectivity index (χ3v) is 7.94. The van der Waals surface area contributed by atoms with E-state index in [1.807, 2.05) is 0 Å². The molecule has 188 valence electrons. The Morgan fingerprint density at radius 2 is 1.31 bits per heavy atom. The van der Waals surface area contributed by atoms with Gasteiger partial charge in [0.15, 0.2) is 0 Å². The molecule has 2 atom stereocenters. The maximum absolute atomic E-state index is 12.5. The summed E-state index contributed by atoms with van der Waals surface area (Å²) in [6.07, 6.45) is 5.87. The van der Waals surface area contributed by atoms with Crippen molar-refractivity contribution >= 4 is 12.2 Å². The summed E-state index contributed by atoms with van der Waals surface area (Å²) in [6.45, 7) is 20.8. The lowest BCUT2D eigenvalue weighted by Crippen LogP contribution is -2.50. The van der Waals surface area contributed by atoms with Gasteiger partial charge >= 0.3 is 12.2 Å². The molecule has 6 nitrogen and oxygen atoms in total. The predicted molar refractivity (Wildman–Crippen MR) is 131 cm³/mol. The first kappa shape index (κ1) is 28.6. The summed E-state index contributed by atoms with van der Waals surface area (Å²) in [5.41, 5.74) is -0.0254. The van der Waals surface area contributed by atoms with Crippen LogP contribution in [0.2, 0.25) is 0 Å². The van der Waals surface area contributed by atoms with E-state index in [4.69, 9.17) is 9.47 Å². The first-order valence-electron chi connectivity index (χ1n) is 12.6. The quantitative estimate of drug-likeness (QED) is 0.365. The number of alkyl carbamates (subject to hydrolysis) is 2. The zero-order valence-electron chi connectivity index (χ0n) is 22.3. The molecular formula is C26H50N2O4. The number of hydrogen-bond donors (Lipinski definition) is 2. The molecule has 0 aromatic heterocycles. The Labute approximate surface area is 197 Å². The van der Waals surface area contributed by atoms with Crippen LogP contribution in [0.1, 0.15) is 107 Å². The number of nitrogens with one attached hydrogen (secondary N) is 2.